The van der Waals surface area contributed by atoms with Crippen LogP contribution in [0.25, 0.3) is 0 Å². The number of methoxy groups -OCH3 is 2. The summed E-state index contributed by atoms with van der Waals surface area (Å²) in [5.41, 5.74) is 1.13. The second-order valence-corrected chi connectivity index (χ2v) is 5.97. The molecule has 0 bridgehead atoms. The second-order valence-electron chi connectivity index (χ2n) is 5.03. The van der Waals surface area contributed by atoms with Crippen molar-refractivity contribution in [3.8, 4) is 0 Å². The van der Waals surface area contributed by atoms with E-state index in [2.05, 4.69) is 34.4 Å². The van der Waals surface area contributed by atoms with Gasteiger partial charge < -0.3 is 14.8 Å². The summed E-state index contributed by atoms with van der Waals surface area (Å²) in [6.07, 6.45) is 0. The highest BCUT2D eigenvalue weighted by atomic mass is 32.1. The molecular formula is C14H27N3O2S. The van der Waals surface area contributed by atoms with Crippen LogP contribution in [0.2, 0.25) is 0 Å². The molecule has 0 aliphatic carbocycles. The van der Waals surface area contributed by atoms with E-state index in [1.807, 2.05) is 0 Å². The number of nitrogens with zero attached hydrogens (tertiary/aromatic N) is 2. The van der Waals surface area contributed by atoms with Gasteiger partial charge in [-0.3, -0.25) is 4.90 Å². The zero-order valence-electron chi connectivity index (χ0n) is 13.0. The Morgan fingerprint density at radius 2 is 1.90 bits per heavy atom. The lowest BCUT2D eigenvalue weighted by Gasteiger charge is -2.20. The zero-order valence-corrected chi connectivity index (χ0v) is 13.8. The molecule has 5 nitrogen and oxygen atoms in total. The zero-order chi connectivity index (χ0) is 14.8. The van der Waals surface area contributed by atoms with Crippen LogP contribution >= 0.6 is 11.3 Å². The van der Waals surface area contributed by atoms with E-state index in [4.69, 9.17) is 9.47 Å². The van der Waals surface area contributed by atoms with Crippen molar-refractivity contribution in [1.29, 1.82) is 0 Å². The molecule has 0 aromatic carbocycles. The molecule has 116 valence electrons. The number of rotatable bonds is 11. The topological polar surface area (TPSA) is 46.6 Å². The van der Waals surface area contributed by atoms with Gasteiger partial charge in [0.1, 0.15) is 5.01 Å². The molecule has 1 rings (SSSR count). The molecule has 0 aliphatic rings. The van der Waals surface area contributed by atoms with Crippen molar-refractivity contribution in [2.24, 2.45) is 0 Å². The summed E-state index contributed by atoms with van der Waals surface area (Å²) in [6.45, 7) is 9.25. The first kappa shape index (κ1) is 17.5. The second kappa shape index (κ2) is 10.2. The number of nitrogens with one attached hydrogen (secondary N) is 1. The van der Waals surface area contributed by atoms with E-state index in [9.17, 15) is 0 Å². The normalized spacial score (nSPS) is 11.7. The van der Waals surface area contributed by atoms with Gasteiger partial charge in [0.15, 0.2) is 0 Å². The van der Waals surface area contributed by atoms with Crippen LogP contribution in [0.4, 0.5) is 0 Å². The van der Waals surface area contributed by atoms with E-state index < -0.39 is 0 Å². The molecule has 0 fully saturated rings. The van der Waals surface area contributed by atoms with Gasteiger partial charge in [0.05, 0.1) is 18.9 Å². The average molecular weight is 301 g/mol. The fourth-order valence-corrected chi connectivity index (χ4v) is 2.47. The molecule has 0 spiro atoms. The Kier molecular flexibility index (Phi) is 8.97. The summed E-state index contributed by atoms with van der Waals surface area (Å²) in [5.74, 6) is 0. The standard InChI is InChI=1S/C14H27N3O2S/c1-12(2)15-9-14-16-13(11-20-14)10-17(5-7-18-3)6-8-19-4/h11-12,15H,5-10H2,1-4H3. The molecule has 20 heavy (non-hydrogen) atoms. The van der Waals surface area contributed by atoms with Gasteiger partial charge in [0.2, 0.25) is 0 Å². The van der Waals surface area contributed by atoms with Crippen LogP contribution in [0.15, 0.2) is 5.38 Å². The van der Waals surface area contributed by atoms with E-state index in [0.29, 0.717) is 6.04 Å². The van der Waals surface area contributed by atoms with E-state index in [1.165, 1.54) is 0 Å². The largest absolute Gasteiger partial charge is 0.383 e. The number of hydrogen-bond acceptors (Lipinski definition) is 6. The Hall–Kier alpha value is -0.530. The van der Waals surface area contributed by atoms with E-state index >= 15 is 0 Å². The maximum absolute atomic E-state index is 5.15. The molecule has 1 heterocycles. The molecule has 1 N–H and O–H groups in total. The fourth-order valence-electron chi connectivity index (χ4n) is 1.73. The SMILES string of the molecule is COCCN(CCOC)Cc1csc(CNC(C)C)n1. The van der Waals surface area contributed by atoms with Gasteiger partial charge in [-0.05, 0) is 0 Å². The van der Waals surface area contributed by atoms with Crippen molar-refractivity contribution >= 4 is 11.3 Å². The van der Waals surface area contributed by atoms with Crippen molar-refractivity contribution in [2.45, 2.75) is 33.0 Å². The van der Waals surface area contributed by atoms with Crippen molar-refractivity contribution < 1.29 is 9.47 Å². The monoisotopic (exact) mass is 301 g/mol. The molecule has 0 saturated carbocycles. The van der Waals surface area contributed by atoms with Crippen LogP contribution in [0.3, 0.4) is 0 Å². The van der Waals surface area contributed by atoms with Gasteiger partial charge in [0, 0.05) is 51.8 Å². The minimum atomic E-state index is 0.488. The van der Waals surface area contributed by atoms with Crippen LogP contribution in [-0.2, 0) is 22.6 Å². The molecule has 0 saturated heterocycles. The molecule has 0 radical (unpaired) electrons. The minimum Gasteiger partial charge on any atom is -0.383 e. The maximum Gasteiger partial charge on any atom is 0.107 e. The minimum absolute atomic E-state index is 0.488. The summed E-state index contributed by atoms with van der Waals surface area (Å²) in [6, 6.07) is 0.488. The van der Waals surface area contributed by atoms with E-state index in [0.717, 1.165) is 50.1 Å². The number of ether oxygens (including phenoxy) is 2. The summed E-state index contributed by atoms with van der Waals surface area (Å²) >= 11 is 1.72. The van der Waals surface area contributed by atoms with Gasteiger partial charge >= 0.3 is 0 Å². The molecule has 0 aliphatic heterocycles. The van der Waals surface area contributed by atoms with Gasteiger partial charge in [0.25, 0.3) is 0 Å². The Morgan fingerprint density at radius 3 is 2.45 bits per heavy atom. The molecule has 6 heteroatoms. The van der Waals surface area contributed by atoms with Crippen molar-refractivity contribution in [3.63, 3.8) is 0 Å². The lowest BCUT2D eigenvalue weighted by atomic mass is 10.4. The van der Waals surface area contributed by atoms with Crippen LogP contribution < -0.4 is 5.32 Å². The number of hydrogen-bond donors (Lipinski definition) is 1. The third-order valence-corrected chi connectivity index (χ3v) is 3.77. The third-order valence-electron chi connectivity index (χ3n) is 2.87. The highest BCUT2D eigenvalue weighted by Crippen LogP contribution is 2.12. The summed E-state index contributed by atoms with van der Waals surface area (Å²) in [7, 11) is 3.46. The van der Waals surface area contributed by atoms with Crippen molar-refractivity contribution in [2.75, 3.05) is 40.5 Å². The quantitative estimate of drug-likeness (QED) is 0.674. The highest BCUT2D eigenvalue weighted by Gasteiger charge is 2.09. The smallest absolute Gasteiger partial charge is 0.107 e. The van der Waals surface area contributed by atoms with Crippen LogP contribution in [0.5, 0.6) is 0 Å². The summed E-state index contributed by atoms with van der Waals surface area (Å²) < 4.78 is 10.3. The molecule has 1 aromatic heterocycles. The average Bonchev–Trinajstić information content (AvgIpc) is 2.87. The predicted molar refractivity (Wildman–Crippen MR) is 83.1 cm³/mol. The van der Waals surface area contributed by atoms with Gasteiger partial charge in [-0.25, -0.2) is 4.98 Å². The Bertz CT molecular complexity index is 350. The van der Waals surface area contributed by atoms with Crippen molar-refractivity contribution in [1.82, 2.24) is 15.2 Å². The first-order valence-corrected chi connectivity index (χ1v) is 7.90. The molecule has 1 aromatic rings. The predicted octanol–water partition coefficient (Wildman–Crippen LogP) is 1.74. The van der Waals surface area contributed by atoms with Gasteiger partial charge in [-0.1, -0.05) is 13.8 Å². The van der Waals surface area contributed by atoms with Gasteiger partial charge in [-0.15, -0.1) is 11.3 Å². The fraction of sp³-hybridized carbons (Fsp3) is 0.786. The summed E-state index contributed by atoms with van der Waals surface area (Å²) in [5, 5.41) is 6.68. The first-order chi connectivity index (χ1) is 9.65. The molecular weight excluding hydrogens is 274 g/mol. The van der Waals surface area contributed by atoms with Crippen LogP contribution in [0.1, 0.15) is 24.5 Å². The highest BCUT2D eigenvalue weighted by molar-refractivity contribution is 7.09. The van der Waals surface area contributed by atoms with Crippen molar-refractivity contribution in [3.05, 3.63) is 16.1 Å². The van der Waals surface area contributed by atoms with E-state index in [1.54, 1.807) is 25.6 Å². The number of thiazole rings is 1. The third kappa shape index (κ3) is 7.31. The van der Waals surface area contributed by atoms with Crippen LogP contribution in [0, 0.1) is 0 Å². The molecule has 0 atom stereocenters. The van der Waals surface area contributed by atoms with E-state index in [-0.39, 0.29) is 0 Å². The van der Waals surface area contributed by atoms with Crippen LogP contribution in [-0.4, -0.2) is 56.4 Å². The Morgan fingerprint density at radius 1 is 1.25 bits per heavy atom. The molecule has 0 unspecified atom stereocenters. The lowest BCUT2D eigenvalue weighted by Crippen LogP contribution is -2.30. The summed E-state index contributed by atoms with van der Waals surface area (Å²) in [4.78, 5) is 6.98. The Labute approximate surface area is 126 Å². The maximum atomic E-state index is 5.15. The lowest BCUT2D eigenvalue weighted by molar-refractivity contribution is 0.109. The first-order valence-electron chi connectivity index (χ1n) is 7.02. The number of aromatic nitrogens is 1. The molecule has 0 amide bonds. The van der Waals surface area contributed by atoms with Gasteiger partial charge in [-0.2, -0.15) is 0 Å². The Balaban J connectivity index is 2.45.